The van der Waals surface area contributed by atoms with Crippen molar-refractivity contribution < 1.29 is 29.0 Å². The molecule has 4 aliphatic rings. The average molecular weight is 509 g/mol. The number of benzene rings is 1. The van der Waals surface area contributed by atoms with Gasteiger partial charge in [-0.3, -0.25) is 14.4 Å². The van der Waals surface area contributed by atoms with Crippen LogP contribution in [0.1, 0.15) is 51.6 Å². The standard InChI is InChI=1S/C29H36N2O6/c1-4-11-19(2)30-16-10-15-29-22(23-27(35)36-17-9-8-14-28(23,3)37-29)25(33)31(24(29)26(30)34)21(18-32)20-12-6-5-7-13-20/h5-8,10,12-15,19,21-24,32H,4,9,11,16-18H2,1-3H3/t19?,21-,22+,23+,24?,28-,29+/m1/s1. The Balaban J connectivity index is 1.69. The van der Waals surface area contributed by atoms with Gasteiger partial charge in [0.05, 0.1) is 30.8 Å². The van der Waals surface area contributed by atoms with Gasteiger partial charge in [-0.2, -0.15) is 0 Å². The van der Waals surface area contributed by atoms with Crippen LogP contribution in [0.15, 0.2) is 54.6 Å². The van der Waals surface area contributed by atoms with E-state index in [4.69, 9.17) is 9.47 Å². The highest BCUT2D eigenvalue weighted by atomic mass is 16.6. The zero-order chi connectivity index (χ0) is 26.4. The number of fused-ring (bicyclic) bond motifs is 2. The largest absolute Gasteiger partial charge is 0.465 e. The Morgan fingerprint density at radius 2 is 1.84 bits per heavy atom. The van der Waals surface area contributed by atoms with Gasteiger partial charge in [-0.25, -0.2) is 0 Å². The van der Waals surface area contributed by atoms with Crippen molar-refractivity contribution in [3.8, 4) is 0 Å². The van der Waals surface area contributed by atoms with E-state index in [2.05, 4.69) is 6.92 Å². The molecule has 1 spiro atoms. The van der Waals surface area contributed by atoms with E-state index in [0.717, 1.165) is 12.8 Å². The number of hydrogen-bond acceptors (Lipinski definition) is 6. The zero-order valence-electron chi connectivity index (χ0n) is 21.7. The first kappa shape index (κ1) is 25.7. The van der Waals surface area contributed by atoms with Crippen LogP contribution in [0.2, 0.25) is 0 Å². The number of likely N-dealkylation sites (tertiary alicyclic amines) is 1. The predicted octanol–water partition coefficient (Wildman–Crippen LogP) is 2.78. The molecule has 1 N–H and O–H groups in total. The molecule has 2 fully saturated rings. The van der Waals surface area contributed by atoms with Crippen molar-refractivity contribution in [1.82, 2.24) is 9.80 Å². The monoisotopic (exact) mass is 508 g/mol. The van der Waals surface area contributed by atoms with Crippen LogP contribution in [0, 0.1) is 11.8 Å². The minimum Gasteiger partial charge on any atom is -0.465 e. The van der Waals surface area contributed by atoms with Crippen molar-refractivity contribution >= 4 is 17.8 Å². The van der Waals surface area contributed by atoms with E-state index in [9.17, 15) is 19.5 Å². The Kier molecular flexibility index (Phi) is 6.75. The van der Waals surface area contributed by atoms with E-state index >= 15 is 0 Å². The lowest BCUT2D eigenvalue weighted by atomic mass is 9.74. The molecule has 5 rings (SSSR count). The summed E-state index contributed by atoms with van der Waals surface area (Å²) in [7, 11) is 0. The van der Waals surface area contributed by atoms with Crippen molar-refractivity contribution in [1.29, 1.82) is 0 Å². The van der Waals surface area contributed by atoms with Crippen LogP contribution in [0.25, 0.3) is 0 Å². The van der Waals surface area contributed by atoms with Crippen LogP contribution in [0.4, 0.5) is 0 Å². The Bertz CT molecular complexity index is 1120. The third kappa shape index (κ3) is 3.92. The number of amides is 2. The van der Waals surface area contributed by atoms with Gasteiger partial charge in [-0.15, -0.1) is 0 Å². The number of nitrogens with zero attached hydrogens (tertiary/aromatic N) is 2. The summed E-state index contributed by atoms with van der Waals surface area (Å²) in [5, 5.41) is 10.6. The molecule has 0 radical (unpaired) electrons. The van der Waals surface area contributed by atoms with Gasteiger partial charge in [0.25, 0.3) is 0 Å². The van der Waals surface area contributed by atoms with Crippen LogP contribution >= 0.6 is 0 Å². The quantitative estimate of drug-likeness (QED) is 0.469. The van der Waals surface area contributed by atoms with E-state index in [1.54, 1.807) is 11.8 Å². The molecular formula is C29H36N2O6. The van der Waals surface area contributed by atoms with Crippen molar-refractivity contribution in [2.24, 2.45) is 11.8 Å². The molecule has 0 saturated carbocycles. The maximum Gasteiger partial charge on any atom is 0.313 e. The van der Waals surface area contributed by atoms with Crippen molar-refractivity contribution in [3.63, 3.8) is 0 Å². The van der Waals surface area contributed by atoms with E-state index in [0.29, 0.717) is 18.5 Å². The lowest BCUT2D eigenvalue weighted by molar-refractivity contribution is -0.162. The molecule has 4 aliphatic heterocycles. The fourth-order valence-electron chi connectivity index (χ4n) is 6.78. The van der Waals surface area contributed by atoms with Crippen LogP contribution in [-0.2, 0) is 23.9 Å². The van der Waals surface area contributed by atoms with E-state index < -0.39 is 41.1 Å². The molecule has 1 aromatic carbocycles. The molecule has 4 heterocycles. The summed E-state index contributed by atoms with van der Waals surface area (Å²) in [5.41, 5.74) is -1.77. The van der Waals surface area contributed by atoms with Crippen LogP contribution < -0.4 is 0 Å². The number of aliphatic hydroxyl groups excluding tert-OH is 1. The molecule has 198 valence electrons. The first-order valence-corrected chi connectivity index (χ1v) is 13.3. The molecule has 0 aliphatic carbocycles. The van der Waals surface area contributed by atoms with Gasteiger partial charge in [0.15, 0.2) is 0 Å². The third-order valence-corrected chi connectivity index (χ3v) is 8.42. The SMILES string of the molecule is CCCC(C)N1CC=C[C@]23O[C@]4(C)C=CCCOC(=O)[C@@H]4[C@H]2C(=O)N([C@H](CO)c2ccccc2)C3C1=O. The molecule has 2 amide bonds. The number of esters is 1. The Morgan fingerprint density at radius 3 is 2.54 bits per heavy atom. The summed E-state index contributed by atoms with van der Waals surface area (Å²) in [6.07, 6.45) is 9.75. The average Bonchev–Trinajstić information content (AvgIpc) is 3.19. The summed E-state index contributed by atoms with van der Waals surface area (Å²) in [5.74, 6) is -2.99. The lowest BCUT2D eigenvalue weighted by Gasteiger charge is -2.41. The first-order valence-electron chi connectivity index (χ1n) is 13.3. The van der Waals surface area contributed by atoms with E-state index in [1.807, 2.05) is 61.6 Å². The molecule has 37 heavy (non-hydrogen) atoms. The van der Waals surface area contributed by atoms with Crippen LogP contribution in [0.3, 0.4) is 0 Å². The number of carbonyl (C=O) groups excluding carboxylic acids is 3. The van der Waals surface area contributed by atoms with Gasteiger partial charge in [0.2, 0.25) is 11.8 Å². The summed E-state index contributed by atoms with van der Waals surface area (Å²) < 4.78 is 12.3. The summed E-state index contributed by atoms with van der Waals surface area (Å²) in [4.78, 5) is 45.5. The first-order chi connectivity index (χ1) is 17.8. The van der Waals surface area contributed by atoms with Gasteiger partial charge in [-0.1, -0.05) is 68.0 Å². The Hall–Kier alpha value is -2.97. The predicted molar refractivity (Wildman–Crippen MR) is 136 cm³/mol. The molecule has 0 bridgehead atoms. The number of cyclic esters (lactones) is 1. The second-order valence-corrected chi connectivity index (χ2v) is 10.7. The van der Waals surface area contributed by atoms with Crippen molar-refractivity contribution in [2.75, 3.05) is 19.8 Å². The summed E-state index contributed by atoms with van der Waals surface area (Å²) >= 11 is 0. The molecular weight excluding hydrogens is 472 g/mol. The second-order valence-electron chi connectivity index (χ2n) is 10.7. The summed E-state index contributed by atoms with van der Waals surface area (Å²) in [6, 6.07) is 7.35. The van der Waals surface area contributed by atoms with Gasteiger partial charge in [0, 0.05) is 12.6 Å². The van der Waals surface area contributed by atoms with Gasteiger partial charge in [-0.05, 0) is 32.3 Å². The normalized spacial score (nSPS) is 34.7. The zero-order valence-corrected chi connectivity index (χ0v) is 21.7. The maximum atomic E-state index is 14.4. The molecule has 8 nitrogen and oxygen atoms in total. The highest BCUT2D eigenvalue weighted by Gasteiger charge is 2.75. The number of ether oxygens (including phenoxy) is 2. The van der Waals surface area contributed by atoms with Crippen molar-refractivity contribution in [3.05, 3.63) is 60.2 Å². The highest BCUT2D eigenvalue weighted by Crippen LogP contribution is 2.58. The maximum absolute atomic E-state index is 14.4. The fourth-order valence-corrected chi connectivity index (χ4v) is 6.78. The lowest BCUT2D eigenvalue weighted by Crippen LogP contribution is -2.58. The molecule has 2 saturated heterocycles. The topological polar surface area (TPSA) is 96.4 Å². The highest BCUT2D eigenvalue weighted by molar-refractivity contribution is 5.99. The number of rotatable bonds is 6. The Labute approximate surface area is 217 Å². The van der Waals surface area contributed by atoms with Gasteiger partial charge < -0.3 is 24.4 Å². The van der Waals surface area contributed by atoms with Gasteiger partial charge in [0.1, 0.15) is 17.6 Å². The molecule has 8 heteroatoms. The second kappa shape index (κ2) is 9.72. The molecule has 0 aromatic heterocycles. The number of aliphatic hydroxyl groups is 1. The molecule has 1 aromatic rings. The minimum atomic E-state index is -1.37. The van der Waals surface area contributed by atoms with Crippen molar-refractivity contribution in [2.45, 2.75) is 69.4 Å². The molecule has 2 unspecified atom stereocenters. The van der Waals surface area contributed by atoms with Crippen LogP contribution in [-0.4, -0.2) is 75.7 Å². The van der Waals surface area contributed by atoms with E-state index in [-0.39, 0.29) is 31.1 Å². The van der Waals surface area contributed by atoms with E-state index in [1.165, 1.54) is 4.90 Å². The third-order valence-electron chi connectivity index (χ3n) is 8.42. The van der Waals surface area contributed by atoms with Crippen LogP contribution in [0.5, 0.6) is 0 Å². The fraction of sp³-hybridized carbons (Fsp3) is 0.552. The minimum absolute atomic E-state index is 0.0480. The smallest absolute Gasteiger partial charge is 0.313 e. The number of carbonyl (C=O) groups is 3. The number of hydrogen-bond donors (Lipinski definition) is 1. The Morgan fingerprint density at radius 1 is 1.08 bits per heavy atom. The van der Waals surface area contributed by atoms with Gasteiger partial charge >= 0.3 is 5.97 Å². The summed E-state index contributed by atoms with van der Waals surface area (Å²) in [6.45, 7) is 6.12. The molecule has 7 atom stereocenters.